The number of thioether (sulfide) groups is 1. The van der Waals surface area contributed by atoms with Crippen molar-refractivity contribution in [1.29, 1.82) is 0 Å². The molecule has 1 rings (SSSR count). The third kappa shape index (κ3) is 3.55. The summed E-state index contributed by atoms with van der Waals surface area (Å²) < 4.78 is 4.77. The van der Waals surface area contributed by atoms with E-state index in [1.54, 1.807) is 0 Å². The standard InChI is InChI=1S/C8H13NO4S/c1-5(10)2-13-8(12)6-3-14-4-7(11)9-6/h5-6,10H,2-4H2,1H3,(H,9,11). The van der Waals surface area contributed by atoms with Crippen molar-refractivity contribution in [2.75, 3.05) is 18.1 Å². The fourth-order valence-corrected chi connectivity index (χ4v) is 1.82. The number of ether oxygens (including phenoxy) is 1. The predicted molar refractivity (Wildman–Crippen MR) is 51.9 cm³/mol. The van der Waals surface area contributed by atoms with Gasteiger partial charge in [-0.05, 0) is 6.92 Å². The molecule has 1 aliphatic heterocycles. The lowest BCUT2D eigenvalue weighted by Crippen LogP contribution is -2.48. The SMILES string of the molecule is CC(O)COC(=O)C1CSCC(=O)N1. The largest absolute Gasteiger partial charge is 0.461 e. The normalized spacial score (nSPS) is 23.9. The van der Waals surface area contributed by atoms with Crippen LogP contribution in [0.15, 0.2) is 0 Å². The molecule has 0 spiro atoms. The Morgan fingerprint density at radius 3 is 3.14 bits per heavy atom. The quantitative estimate of drug-likeness (QED) is 0.604. The maximum Gasteiger partial charge on any atom is 0.329 e. The van der Waals surface area contributed by atoms with E-state index in [0.717, 1.165) is 0 Å². The van der Waals surface area contributed by atoms with Crippen molar-refractivity contribution in [3.05, 3.63) is 0 Å². The zero-order valence-corrected chi connectivity index (χ0v) is 8.67. The first kappa shape index (κ1) is 11.3. The molecule has 5 nitrogen and oxygen atoms in total. The molecular formula is C8H13NO4S. The van der Waals surface area contributed by atoms with E-state index in [4.69, 9.17) is 9.84 Å². The Balaban J connectivity index is 2.32. The van der Waals surface area contributed by atoms with Gasteiger partial charge >= 0.3 is 5.97 Å². The number of aliphatic hydroxyl groups is 1. The van der Waals surface area contributed by atoms with Gasteiger partial charge in [0.2, 0.25) is 5.91 Å². The van der Waals surface area contributed by atoms with Crippen molar-refractivity contribution in [3.63, 3.8) is 0 Å². The van der Waals surface area contributed by atoms with Gasteiger partial charge in [-0.1, -0.05) is 0 Å². The highest BCUT2D eigenvalue weighted by molar-refractivity contribution is 8.00. The van der Waals surface area contributed by atoms with Gasteiger partial charge in [0.25, 0.3) is 0 Å². The summed E-state index contributed by atoms with van der Waals surface area (Å²) in [6.45, 7) is 1.50. The highest BCUT2D eigenvalue weighted by atomic mass is 32.2. The molecule has 0 aliphatic carbocycles. The van der Waals surface area contributed by atoms with Gasteiger partial charge in [-0.2, -0.15) is 0 Å². The van der Waals surface area contributed by atoms with Crippen LogP contribution < -0.4 is 5.32 Å². The van der Waals surface area contributed by atoms with Crippen molar-refractivity contribution in [3.8, 4) is 0 Å². The molecule has 0 bridgehead atoms. The molecule has 0 aromatic rings. The van der Waals surface area contributed by atoms with Crippen LogP contribution in [0.5, 0.6) is 0 Å². The summed E-state index contributed by atoms with van der Waals surface area (Å²) in [7, 11) is 0. The number of esters is 1. The fraction of sp³-hybridized carbons (Fsp3) is 0.750. The Morgan fingerprint density at radius 1 is 1.86 bits per heavy atom. The van der Waals surface area contributed by atoms with E-state index < -0.39 is 18.1 Å². The summed E-state index contributed by atoms with van der Waals surface area (Å²) >= 11 is 1.40. The predicted octanol–water partition coefficient (Wildman–Crippen LogP) is -0.858. The summed E-state index contributed by atoms with van der Waals surface area (Å²) in [6.07, 6.45) is -0.675. The molecule has 0 saturated carbocycles. The lowest BCUT2D eigenvalue weighted by atomic mass is 10.3. The summed E-state index contributed by atoms with van der Waals surface area (Å²) in [5.41, 5.74) is 0. The molecule has 1 heterocycles. The summed E-state index contributed by atoms with van der Waals surface area (Å²) in [6, 6.07) is -0.569. The molecule has 0 radical (unpaired) electrons. The summed E-state index contributed by atoms with van der Waals surface area (Å²) in [4.78, 5) is 22.2. The number of rotatable bonds is 3. The number of nitrogens with one attached hydrogen (secondary N) is 1. The minimum atomic E-state index is -0.675. The van der Waals surface area contributed by atoms with E-state index in [0.29, 0.717) is 11.5 Å². The first-order chi connectivity index (χ1) is 6.59. The minimum Gasteiger partial charge on any atom is -0.461 e. The van der Waals surface area contributed by atoms with Crippen molar-refractivity contribution >= 4 is 23.6 Å². The first-order valence-corrected chi connectivity index (χ1v) is 5.47. The molecule has 0 aromatic heterocycles. The van der Waals surface area contributed by atoms with E-state index in [-0.39, 0.29) is 12.5 Å². The molecule has 6 heteroatoms. The highest BCUT2D eigenvalue weighted by Gasteiger charge is 2.26. The van der Waals surface area contributed by atoms with Crippen LogP contribution in [0.25, 0.3) is 0 Å². The topological polar surface area (TPSA) is 75.6 Å². The molecule has 80 valence electrons. The van der Waals surface area contributed by atoms with Crippen LogP contribution in [-0.4, -0.2) is 47.2 Å². The van der Waals surface area contributed by atoms with Crippen LogP contribution >= 0.6 is 11.8 Å². The third-order valence-electron chi connectivity index (χ3n) is 1.60. The average molecular weight is 219 g/mol. The molecular weight excluding hydrogens is 206 g/mol. The number of amides is 1. The van der Waals surface area contributed by atoms with Gasteiger partial charge in [0.05, 0.1) is 11.9 Å². The van der Waals surface area contributed by atoms with Crippen molar-refractivity contribution in [1.82, 2.24) is 5.32 Å². The van der Waals surface area contributed by atoms with Crippen molar-refractivity contribution in [2.24, 2.45) is 0 Å². The van der Waals surface area contributed by atoms with Gasteiger partial charge < -0.3 is 15.2 Å². The van der Waals surface area contributed by atoms with E-state index in [9.17, 15) is 9.59 Å². The smallest absolute Gasteiger partial charge is 0.329 e. The maximum absolute atomic E-state index is 11.3. The van der Waals surface area contributed by atoms with Crippen LogP contribution in [0.2, 0.25) is 0 Å². The molecule has 0 aromatic carbocycles. The lowest BCUT2D eigenvalue weighted by molar-refractivity contribution is -0.149. The molecule has 14 heavy (non-hydrogen) atoms. The zero-order valence-electron chi connectivity index (χ0n) is 7.86. The second-order valence-corrected chi connectivity index (χ2v) is 4.14. The molecule has 1 amide bonds. The number of aliphatic hydroxyl groups excluding tert-OH is 1. The van der Waals surface area contributed by atoms with Gasteiger partial charge in [0.1, 0.15) is 12.6 Å². The molecule has 2 unspecified atom stereocenters. The maximum atomic E-state index is 11.3. The average Bonchev–Trinajstić information content (AvgIpc) is 2.14. The van der Waals surface area contributed by atoms with Gasteiger partial charge in [0.15, 0.2) is 0 Å². The van der Waals surface area contributed by atoms with E-state index in [1.165, 1.54) is 18.7 Å². The third-order valence-corrected chi connectivity index (χ3v) is 2.64. The fourth-order valence-electron chi connectivity index (χ4n) is 0.977. The van der Waals surface area contributed by atoms with Crippen LogP contribution in [0.4, 0.5) is 0 Å². The van der Waals surface area contributed by atoms with Crippen molar-refractivity contribution < 1.29 is 19.4 Å². The Labute approximate surface area is 86.2 Å². The first-order valence-electron chi connectivity index (χ1n) is 4.31. The highest BCUT2D eigenvalue weighted by Crippen LogP contribution is 2.09. The van der Waals surface area contributed by atoms with Crippen LogP contribution in [-0.2, 0) is 14.3 Å². The second kappa shape index (κ2) is 5.21. The van der Waals surface area contributed by atoms with Crippen LogP contribution in [0, 0.1) is 0 Å². The zero-order chi connectivity index (χ0) is 10.6. The summed E-state index contributed by atoms with van der Waals surface area (Å²) in [5.74, 6) is 0.289. The molecule has 1 saturated heterocycles. The van der Waals surface area contributed by atoms with Gasteiger partial charge in [-0.25, -0.2) is 4.79 Å². The Bertz CT molecular complexity index is 231. The lowest BCUT2D eigenvalue weighted by Gasteiger charge is -2.21. The molecule has 2 N–H and O–H groups in total. The number of carbonyl (C=O) groups is 2. The molecule has 1 fully saturated rings. The van der Waals surface area contributed by atoms with E-state index in [1.807, 2.05) is 0 Å². The monoisotopic (exact) mass is 219 g/mol. The minimum absolute atomic E-state index is 0.0319. The number of hydrogen-bond acceptors (Lipinski definition) is 5. The van der Waals surface area contributed by atoms with Gasteiger partial charge in [0, 0.05) is 5.75 Å². The summed E-state index contributed by atoms with van der Waals surface area (Å²) in [5, 5.41) is 11.4. The van der Waals surface area contributed by atoms with Crippen molar-refractivity contribution in [2.45, 2.75) is 19.1 Å². The Kier molecular flexibility index (Phi) is 4.21. The van der Waals surface area contributed by atoms with E-state index >= 15 is 0 Å². The Hall–Kier alpha value is -0.750. The van der Waals surface area contributed by atoms with E-state index in [2.05, 4.69) is 5.32 Å². The number of carbonyl (C=O) groups excluding carboxylic acids is 2. The number of hydrogen-bond donors (Lipinski definition) is 2. The second-order valence-electron chi connectivity index (χ2n) is 3.11. The molecule has 1 aliphatic rings. The van der Waals surface area contributed by atoms with Gasteiger partial charge in [-0.15, -0.1) is 11.8 Å². The van der Waals surface area contributed by atoms with Crippen LogP contribution in [0.3, 0.4) is 0 Å². The van der Waals surface area contributed by atoms with Gasteiger partial charge in [-0.3, -0.25) is 4.79 Å². The van der Waals surface area contributed by atoms with Crippen LogP contribution in [0.1, 0.15) is 6.92 Å². The molecule has 2 atom stereocenters. The Morgan fingerprint density at radius 2 is 2.57 bits per heavy atom.